The molecule has 2 unspecified atom stereocenters. The zero-order valence-corrected chi connectivity index (χ0v) is 13.0. The van der Waals surface area contributed by atoms with Crippen molar-refractivity contribution in [3.63, 3.8) is 0 Å². The number of rotatable bonds is 1. The highest BCUT2D eigenvalue weighted by molar-refractivity contribution is 4.96. The molecule has 0 amide bonds. The van der Waals surface area contributed by atoms with Gasteiger partial charge in [0.25, 0.3) is 0 Å². The van der Waals surface area contributed by atoms with E-state index in [-0.39, 0.29) is 0 Å². The van der Waals surface area contributed by atoms with E-state index in [2.05, 4.69) is 13.5 Å². The van der Waals surface area contributed by atoms with E-state index in [1.54, 1.807) is 6.08 Å². The smallest absolute Gasteiger partial charge is 0.0827 e. The molecule has 1 aliphatic carbocycles. The lowest BCUT2D eigenvalue weighted by atomic mass is 9.84. The van der Waals surface area contributed by atoms with Crippen LogP contribution in [-0.4, -0.2) is 10.7 Å². The van der Waals surface area contributed by atoms with Gasteiger partial charge in [0.15, 0.2) is 0 Å². The van der Waals surface area contributed by atoms with Gasteiger partial charge in [-0.3, -0.25) is 0 Å². The Labute approximate surface area is 120 Å². The zero-order chi connectivity index (χ0) is 14.0. The fraction of sp³-hybridized carbons (Fsp3) is 0.889. The minimum Gasteiger partial charge on any atom is -0.386 e. The van der Waals surface area contributed by atoms with E-state index in [0.717, 1.165) is 19.3 Å². The fourth-order valence-electron chi connectivity index (χ4n) is 3.33. The van der Waals surface area contributed by atoms with Crippen LogP contribution in [0.3, 0.4) is 0 Å². The van der Waals surface area contributed by atoms with Gasteiger partial charge >= 0.3 is 0 Å². The summed E-state index contributed by atoms with van der Waals surface area (Å²) in [5.74, 6) is 0.619. The van der Waals surface area contributed by atoms with E-state index in [0.29, 0.717) is 5.92 Å². The molecule has 0 bridgehead atoms. The lowest BCUT2D eigenvalue weighted by Crippen LogP contribution is -2.28. The van der Waals surface area contributed by atoms with Crippen molar-refractivity contribution < 1.29 is 5.11 Å². The molecule has 19 heavy (non-hydrogen) atoms. The van der Waals surface area contributed by atoms with Crippen LogP contribution in [0.25, 0.3) is 0 Å². The van der Waals surface area contributed by atoms with Gasteiger partial charge in [-0.2, -0.15) is 0 Å². The van der Waals surface area contributed by atoms with Crippen LogP contribution >= 0.6 is 0 Å². The third-order valence-electron chi connectivity index (χ3n) is 4.64. The van der Waals surface area contributed by atoms with Crippen molar-refractivity contribution in [2.24, 2.45) is 5.92 Å². The maximum atomic E-state index is 10.6. The molecular weight excluding hydrogens is 232 g/mol. The summed E-state index contributed by atoms with van der Waals surface area (Å²) in [6.07, 6.45) is 18.3. The zero-order valence-electron chi connectivity index (χ0n) is 13.0. The standard InChI is InChI=1S/C18H34O/c1-3-18(19)15-13-11-9-7-5-4-6-8-10-12-14-17(2)16-18/h3,17,19H,1,4-16H2,2H3. The molecule has 112 valence electrons. The summed E-state index contributed by atoms with van der Waals surface area (Å²) in [6.45, 7) is 6.14. The van der Waals surface area contributed by atoms with Crippen LogP contribution in [-0.2, 0) is 0 Å². The van der Waals surface area contributed by atoms with E-state index in [1.807, 2.05) is 0 Å². The number of hydrogen-bond acceptors (Lipinski definition) is 1. The molecule has 0 aromatic rings. The first kappa shape index (κ1) is 16.8. The molecule has 0 spiro atoms. The summed E-state index contributed by atoms with van der Waals surface area (Å²) in [5.41, 5.74) is -0.612. The Bertz CT molecular complexity index is 236. The molecule has 2 atom stereocenters. The topological polar surface area (TPSA) is 20.2 Å². The van der Waals surface area contributed by atoms with Crippen molar-refractivity contribution in [2.45, 2.75) is 96.0 Å². The first-order chi connectivity index (χ1) is 9.16. The Morgan fingerprint density at radius 1 is 0.895 bits per heavy atom. The van der Waals surface area contributed by atoms with Crippen LogP contribution in [0.1, 0.15) is 90.4 Å². The largest absolute Gasteiger partial charge is 0.386 e. The molecule has 0 aromatic heterocycles. The van der Waals surface area contributed by atoms with E-state index in [4.69, 9.17) is 0 Å². The molecule has 1 fully saturated rings. The average molecular weight is 266 g/mol. The first-order valence-electron chi connectivity index (χ1n) is 8.52. The molecule has 1 heteroatoms. The highest BCUT2D eigenvalue weighted by Gasteiger charge is 2.24. The maximum Gasteiger partial charge on any atom is 0.0827 e. The molecule has 1 rings (SSSR count). The number of aliphatic hydroxyl groups is 1. The minimum atomic E-state index is -0.612. The summed E-state index contributed by atoms with van der Waals surface area (Å²) in [7, 11) is 0. The van der Waals surface area contributed by atoms with E-state index in [1.165, 1.54) is 64.2 Å². The predicted molar refractivity (Wildman–Crippen MR) is 84.3 cm³/mol. The fourth-order valence-corrected chi connectivity index (χ4v) is 3.33. The van der Waals surface area contributed by atoms with Crippen LogP contribution in [0.4, 0.5) is 0 Å². The Balaban J connectivity index is 2.43. The first-order valence-corrected chi connectivity index (χ1v) is 8.52. The second kappa shape index (κ2) is 9.58. The summed E-state index contributed by atoms with van der Waals surface area (Å²) in [5, 5.41) is 10.6. The molecule has 0 radical (unpaired) electrons. The Kier molecular flexibility index (Phi) is 8.45. The Morgan fingerprint density at radius 3 is 1.89 bits per heavy atom. The Hall–Kier alpha value is -0.300. The van der Waals surface area contributed by atoms with Crippen molar-refractivity contribution >= 4 is 0 Å². The Morgan fingerprint density at radius 2 is 1.37 bits per heavy atom. The van der Waals surface area contributed by atoms with Crippen LogP contribution in [0, 0.1) is 5.92 Å². The van der Waals surface area contributed by atoms with Crippen LogP contribution in [0.15, 0.2) is 12.7 Å². The van der Waals surface area contributed by atoms with Crippen molar-refractivity contribution in [3.8, 4) is 0 Å². The van der Waals surface area contributed by atoms with Gasteiger partial charge in [-0.1, -0.05) is 83.6 Å². The summed E-state index contributed by atoms with van der Waals surface area (Å²) >= 11 is 0. The molecule has 1 N–H and O–H groups in total. The van der Waals surface area contributed by atoms with Gasteiger partial charge in [-0.15, -0.1) is 6.58 Å². The number of hydrogen-bond donors (Lipinski definition) is 1. The second-order valence-corrected chi connectivity index (χ2v) is 6.69. The summed E-state index contributed by atoms with van der Waals surface area (Å²) in [6, 6.07) is 0. The second-order valence-electron chi connectivity index (χ2n) is 6.69. The van der Waals surface area contributed by atoms with Crippen molar-refractivity contribution in [2.75, 3.05) is 0 Å². The quantitative estimate of drug-likeness (QED) is 0.610. The van der Waals surface area contributed by atoms with Crippen LogP contribution in [0.2, 0.25) is 0 Å². The van der Waals surface area contributed by atoms with Crippen molar-refractivity contribution in [1.82, 2.24) is 0 Å². The molecule has 0 aliphatic heterocycles. The van der Waals surface area contributed by atoms with Gasteiger partial charge in [-0.25, -0.2) is 0 Å². The molecule has 0 heterocycles. The third-order valence-corrected chi connectivity index (χ3v) is 4.64. The van der Waals surface area contributed by atoms with Gasteiger partial charge in [0.1, 0.15) is 0 Å². The van der Waals surface area contributed by atoms with Gasteiger partial charge < -0.3 is 5.11 Å². The van der Waals surface area contributed by atoms with Crippen LogP contribution in [0.5, 0.6) is 0 Å². The monoisotopic (exact) mass is 266 g/mol. The third kappa shape index (κ3) is 7.77. The van der Waals surface area contributed by atoms with Crippen LogP contribution < -0.4 is 0 Å². The van der Waals surface area contributed by atoms with E-state index in [9.17, 15) is 5.11 Å². The maximum absolute atomic E-state index is 10.6. The summed E-state index contributed by atoms with van der Waals surface area (Å²) in [4.78, 5) is 0. The predicted octanol–water partition coefficient (Wildman–Crippen LogP) is 5.62. The van der Waals surface area contributed by atoms with Crippen molar-refractivity contribution in [1.29, 1.82) is 0 Å². The van der Waals surface area contributed by atoms with Gasteiger partial charge in [0.2, 0.25) is 0 Å². The lowest BCUT2D eigenvalue weighted by Gasteiger charge is -2.28. The SMILES string of the molecule is C=CC1(O)CCCCCCCCCCCCC(C)C1. The van der Waals surface area contributed by atoms with Gasteiger partial charge in [0.05, 0.1) is 5.60 Å². The summed E-state index contributed by atoms with van der Waals surface area (Å²) < 4.78 is 0. The highest BCUT2D eigenvalue weighted by atomic mass is 16.3. The average Bonchev–Trinajstić information content (AvgIpc) is 2.39. The van der Waals surface area contributed by atoms with Gasteiger partial charge in [-0.05, 0) is 18.8 Å². The van der Waals surface area contributed by atoms with E-state index < -0.39 is 5.60 Å². The molecule has 0 saturated heterocycles. The molecular formula is C18H34O. The molecule has 1 nitrogen and oxygen atoms in total. The molecule has 0 aromatic carbocycles. The normalized spacial score (nSPS) is 33.1. The van der Waals surface area contributed by atoms with E-state index >= 15 is 0 Å². The minimum absolute atomic E-state index is 0.612. The highest BCUT2D eigenvalue weighted by Crippen LogP contribution is 2.28. The molecule has 1 aliphatic rings. The van der Waals surface area contributed by atoms with Gasteiger partial charge in [0, 0.05) is 0 Å². The lowest BCUT2D eigenvalue weighted by molar-refractivity contribution is 0.0527. The van der Waals surface area contributed by atoms with Crippen molar-refractivity contribution in [3.05, 3.63) is 12.7 Å². The molecule has 1 saturated carbocycles.